The van der Waals surface area contributed by atoms with Crippen molar-refractivity contribution in [2.24, 2.45) is 0 Å². The Balaban J connectivity index is 2.51. The maximum absolute atomic E-state index is 11.6. The molecule has 0 aliphatic carbocycles. The molecule has 1 rings (SSSR count). The standard InChI is InChI=1S/C9H18N2O3S/c1-11(8-3-5-10-6-4-8)9(12)7-15(2,13)14/h8,10H,3-7H2,1-2H3. The Morgan fingerprint density at radius 1 is 1.40 bits per heavy atom. The van der Waals surface area contributed by atoms with Gasteiger partial charge in [-0.15, -0.1) is 0 Å². The molecule has 0 unspecified atom stereocenters. The van der Waals surface area contributed by atoms with Gasteiger partial charge in [0.15, 0.2) is 9.84 Å². The van der Waals surface area contributed by atoms with Crippen LogP contribution in [-0.2, 0) is 14.6 Å². The van der Waals surface area contributed by atoms with E-state index in [-0.39, 0.29) is 17.7 Å². The van der Waals surface area contributed by atoms with E-state index in [9.17, 15) is 13.2 Å². The average molecular weight is 234 g/mol. The minimum Gasteiger partial charge on any atom is -0.342 e. The van der Waals surface area contributed by atoms with Crippen LogP contribution in [-0.4, -0.2) is 57.4 Å². The van der Waals surface area contributed by atoms with E-state index in [4.69, 9.17) is 0 Å². The molecular formula is C9H18N2O3S. The molecule has 0 radical (unpaired) electrons. The second-order valence-corrected chi connectivity index (χ2v) is 6.20. The van der Waals surface area contributed by atoms with Crippen LogP contribution < -0.4 is 5.32 Å². The summed E-state index contributed by atoms with van der Waals surface area (Å²) in [6.45, 7) is 1.78. The third-order valence-corrected chi connectivity index (χ3v) is 3.41. The summed E-state index contributed by atoms with van der Waals surface area (Å²) in [5.41, 5.74) is 0. The van der Waals surface area contributed by atoms with Gasteiger partial charge >= 0.3 is 0 Å². The van der Waals surface area contributed by atoms with Gasteiger partial charge in [0.05, 0.1) is 0 Å². The molecule has 0 spiro atoms. The van der Waals surface area contributed by atoms with Crippen LogP contribution in [0.5, 0.6) is 0 Å². The molecule has 0 atom stereocenters. The number of carbonyl (C=O) groups excluding carboxylic acids is 1. The number of hydrogen-bond acceptors (Lipinski definition) is 4. The summed E-state index contributed by atoms with van der Waals surface area (Å²) in [7, 11) is -1.53. The highest BCUT2D eigenvalue weighted by molar-refractivity contribution is 7.91. The fraction of sp³-hybridized carbons (Fsp3) is 0.889. The van der Waals surface area contributed by atoms with Gasteiger partial charge in [-0.05, 0) is 25.9 Å². The molecule has 1 aliphatic heterocycles. The molecule has 88 valence electrons. The molecule has 0 aromatic heterocycles. The monoisotopic (exact) mass is 234 g/mol. The molecule has 1 fully saturated rings. The van der Waals surface area contributed by atoms with Crippen molar-refractivity contribution in [3.05, 3.63) is 0 Å². The molecule has 1 aliphatic rings. The summed E-state index contributed by atoms with van der Waals surface area (Å²) in [6, 6.07) is 0.181. The molecule has 1 heterocycles. The first kappa shape index (κ1) is 12.4. The van der Waals surface area contributed by atoms with Crippen LogP contribution >= 0.6 is 0 Å². The van der Waals surface area contributed by atoms with Gasteiger partial charge < -0.3 is 10.2 Å². The van der Waals surface area contributed by atoms with E-state index < -0.39 is 9.84 Å². The van der Waals surface area contributed by atoms with E-state index in [1.165, 1.54) is 0 Å². The number of nitrogens with one attached hydrogen (secondary N) is 1. The molecule has 0 bridgehead atoms. The van der Waals surface area contributed by atoms with Gasteiger partial charge in [0.1, 0.15) is 5.75 Å². The minimum atomic E-state index is -3.21. The summed E-state index contributed by atoms with van der Waals surface area (Å²) in [4.78, 5) is 13.2. The average Bonchev–Trinajstić information content (AvgIpc) is 2.15. The highest BCUT2D eigenvalue weighted by Crippen LogP contribution is 2.10. The highest BCUT2D eigenvalue weighted by Gasteiger charge is 2.23. The molecule has 0 aromatic rings. The molecule has 5 nitrogen and oxygen atoms in total. The van der Waals surface area contributed by atoms with Gasteiger partial charge in [0.25, 0.3) is 0 Å². The van der Waals surface area contributed by atoms with Crippen molar-refractivity contribution >= 4 is 15.7 Å². The minimum absolute atomic E-state index is 0.181. The molecule has 1 N–H and O–H groups in total. The summed E-state index contributed by atoms with van der Waals surface area (Å²) in [6.07, 6.45) is 2.87. The van der Waals surface area contributed by atoms with Gasteiger partial charge in [0.2, 0.25) is 5.91 Å². The second-order valence-electron chi connectivity index (χ2n) is 4.06. The number of hydrogen-bond donors (Lipinski definition) is 1. The molecule has 6 heteroatoms. The van der Waals surface area contributed by atoms with E-state index in [1.54, 1.807) is 11.9 Å². The topological polar surface area (TPSA) is 66.5 Å². The summed E-state index contributed by atoms with van der Waals surface area (Å²) >= 11 is 0. The Morgan fingerprint density at radius 2 is 1.93 bits per heavy atom. The molecular weight excluding hydrogens is 216 g/mol. The number of rotatable bonds is 3. The zero-order valence-electron chi connectivity index (χ0n) is 9.19. The van der Waals surface area contributed by atoms with E-state index in [2.05, 4.69) is 5.32 Å². The Morgan fingerprint density at radius 3 is 2.40 bits per heavy atom. The lowest BCUT2D eigenvalue weighted by Crippen LogP contribution is -2.45. The van der Waals surface area contributed by atoms with E-state index in [0.29, 0.717) is 0 Å². The lowest BCUT2D eigenvalue weighted by molar-refractivity contribution is -0.129. The highest BCUT2D eigenvalue weighted by atomic mass is 32.2. The lowest BCUT2D eigenvalue weighted by Gasteiger charge is -2.31. The molecule has 1 saturated heterocycles. The van der Waals surface area contributed by atoms with Gasteiger partial charge in [-0.1, -0.05) is 0 Å². The second kappa shape index (κ2) is 4.94. The van der Waals surface area contributed by atoms with Crippen LogP contribution in [0.2, 0.25) is 0 Å². The lowest BCUT2D eigenvalue weighted by atomic mass is 10.1. The summed E-state index contributed by atoms with van der Waals surface area (Å²) in [5, 5.41) is 3.20. The zero-order chi connectivity index (χ0) is 11.5. The van der Waals surface area contributed by atoms with Crippen molar-refractivity contribution in [2.75, 3.05) is 32.1 Å². The largest absolute Gasteiger partial charge is 0.342 e. The Bertz CT molecular complexity index is 320. The van der Waals surface area contributed by atoms with Crippen molar-refractivity contribution in [3.8, 4) is 0 Å². The first-order valence-corrected chi connectivity index (χ1v) is 7.10. The van der Waals surface area contributed by atoms with Crippen molar-refractivity contribution in [1.82, 2.24) is 10.2 Å². The van der Waals surface area contributed by atoms with E-state index in [1.807, 2.05) is 0 Å². The molecule has 0 saturated carbocycles. The molecule has 15 heavy (non-hydrogen) atoms. The Kier molecular flexibility index (Phi) is 4.10. The number of carbonyl (C=O) groups is 1. The molecule has 0 aromatic carbocycles. The number of nitrogens with zero attached hydrogens (tertiary/aromatic N) is 1. The van der Waals surface area contributed by atoms with Crippen molar-refractivity contribution < 1.29 is 13.2 Å². The zero-order valence-corrected chi connectivity index (χ0v) is 10.0. The predicted molar refractivity (Wildman–Crippen MR) is 58.4 cm³/mol. The van der Waals surface area contributed by atoms with Crippen molar-refractivity contribution in [2.45, 2.75) is 18.9 Å². The van der Waals surface area contributed by atoms with Crippen molar-refractivity contribution in [3.63, 3.8) is 0 Å². The van der Waals surface area contributed by atoms with Gasteiger partial charge in [-0.25, -0.2) is 8.42 Å². The van der Waals surface area contributed by atoms with Crippen LogP contribution in [0.25, 0.3) is 0 Å². The SMILES string of the molecule is CN(C(=O)CS(C)(=O)=O)C1CCNCC1. The Labute approximate surface area is 90.7 Å². The fourth-order valence-electron chi connectivity index (χ4n) is 1.72. The van der Waals surface area contributed by atoms with Crippen LogP contribution in [0.3, 0.4) is 0 Å². The van der Waals surface area contributed by atoms with Gasteiger partial charge in [-0.3, -0.25) is 4.79 Å². The number of amides is 1. The van der Waals surface area contributed by atoms with Crippen LogP contribution in [0, 0.1) is 0 Å². The van der Waals surface area contributed by atoms with E-state index in [0.717, 1.165) is 32.2 Å². The smallest absolute Gasteiger partial charge is 0.237 e. The van der Waals surface area contributed by atoms with E-state index >= 15 is 0 Å². The number of piperidine rings is 1. The third-order valence-electron chi connectivity index (χ3n) is 2.64. The van der Waals surface area contributed by atoms with Gasteiger partial charge in [-0.2, -0.15) is 0 Å². The van der Waals surface area contributed by atoms with Crippen LogP contribution in [0.1, 0.15) is 12.8 Å². The van der Waals surface area contributed by atoms with Crippen LogP contribution in [0.15, 0.2) is 0 Å². The summed E-state index contributed by atoms with van der Waals surface area (Å²) < 4.78 is 21.9. The van der Waals surface area contributed by atoms with Crippen LogP contribution in [0.4, 0.5) is 0 Å². The van der Waals surface area contributed by atoms with Gasteiger partial charge in [0, 0.05) is 19.3 Å². The summed E-state index contributed by atoms with van der Waals surface area (Å²) in [5.74, 6) is -0.683. The molecule has 1 amide bonds. The maximum Gasteiger partial charge on any atom is 0.237 e. The maximum atomic E-state index is 11.6. The fourth-order valence-corrected chi connectivity index (χ4v) is 2.38. The first-order valence-electron chi connectivity index (χ1n) is 5.04. The number of sulfone groups is 1. The quantitative estimate of drug-likeness (QED) is 0.697. The van der Waals surface area contributed by atoms with Crippen molar-refractivity contribution in [1.29, 1.82) is 0 Å². The predicted octanol–water partition coefficient (Wildman–Crippen LogP) is -0.759. The first-order chi connectivity index (χ1) is 6.90. The Hall–Kier alpha value is -0.620. The third kappa shape index (κ3) is 4.17. The normalized spacial score (nSPS) is 18.8.